The first kappa shape index (κ1) is 71.9. The summed E-state index contributed by atoms with van der Waals surface area (Å²) in [6, 6.07) is 0. The largest absolute Gasteiger partial charge is 0.481 e. The number of cyclic esters (lactones) is 4. The van der Waals surface area contributed by atoms with Crippen molar-refractivity contribution in [3.63, 3.8) is 0 Å². The van der Waals surface area contributed by atoms with Gasteiger partial charge >= 0.3 is 35.8 Å². The number of ether oxygens (including phenoxy) is 2. The van der Waals surface area contributed by atoms with Crippen LogP contribution in [0.1, 0.15) is 139 Å². The molecule has 0 aromatic rings. The number of nitrogens with two attached hydrogens (primary N) is 2. The number of carbonyl (C=O) groups excluding carboxylic acids is 10. The zero-order chi connectivity index (χ0) is 64.2. The zero-order valence-electron chi connectivity index (χ0n) is 52.1. The highest BCUT2D eigenvalue weighted by Gasteiger charge is 2.81. The Morgan fingerprint density at radius 1 is 0.489 bits per heavy atom. The summed E-state index contributed by atoms with van der Waals surface area (Å²) in [5.41, 5.74) is 10.5. The summed E-state index contributed by atoms with van der Waals surface area (Å²) < 4.78 is 9.05. The summed E-state index contributed by atoms with van der Waals surface area (Å²) >= 11 is 0. The fourth-order valence-electron chi connectivity index (χ4n) is 20.7. The first-order chi connectivity index (χ1) is 42.1. The minimum atomic E-state index is -1.19. The van der Waals surface area contributed by atoms with Crippen LogP contribution in [0.15, 0.2) is 0 Å². The lowest BCUT2D eigenvalue weighted by atomic mass is 9.37. The average molecular weight is 1260 g/mol. The quantitative estimate of drug-likeness (QED) is 0.0813. The van der Waals surface area contributed by atoms with Crippen molar-refractivity contribution in [2.75, 3.05) is 40.3 Å². The number of fused-ring (bicyclic) bond motifs is 21. The zero-order valence-corrected chi connectivity index (χ0v) is 52.1. The highest BCUT2D eigenvalue weighted by atomic mass is 16.6. The van der Waals surface area contributed by atoms with Gasteiger partial charge in [-0.15, -0.1) is 0 Å². The van der Waals surface area contributed by atoms with Crippen LogP contribution >= 0.6 is 0 Å². The Morgan fingerprint density at radius 2 is 0.811 bits per heavy atom. The number of rotatable bonds is 9. The molecular weight excluding hydrogens is 1150 g/mol. The van der Waals surface area contributed by atoms with E-state index in [0.29, 0.717) is 13.1 Å². The molecular formula is C66H100B2N6O16. The monoisotopic (exact) mass is 1250 g/mol. The maximum Gasteiger partial charge on any atom is 0.317 e. The molecule has 4 saturated heterocycles. The van der Waals surface area contributed by atoms with Crippen LogP contribution in [0.25, 0.3) is 0 Å². The maximum atomic E-state index is 12.2. The summed E-state index contributed by atoms with van der Waals surface area (Å²) in [7, 11) is 10.9. The second-order valence-electron chi connectivity index (χ2n) is 27.9. The second kappa shape index (κ2) is 29.2. The highest BCUT2D eigenvalue weighted by molar-refractivity contribution is 6.75. The molecule has 0 spiro atoms. The van der Waals surface area contributed by atoms with Gasteiger partial charge in [0.2, 0.25) is 35.4 Å². The number of esters is 4. The van der Waals surface area contributed by atoms with E-state index in [-0.39, 0.29) is 85.8 Å². The normalized spacial score (nSPS) is 42.4. The molecule has 4 aliphatic heterocycles. The van der Waals surface area contributed by atoms with Crippen molar-refractivity contribution in [1.82, 2.24) is 20.4 Å². The average Bonchev–Trinajstić information content (AvgIpc) is 1.40. The van der Waals surface area contributed by atoms with E-state index in [9.17, 15) is 67.7 Å². The number of amides is 6. The molecule has 12 aliphatic carbocycles. The van der Waals surface area contributed by atoms with Crippen LogP contribution in [-0.2, 0) is 67.0 Å². The van der Waals surface area contributed by atoms with Gasteiger partial charge in [-0.25, -0.2) is 0 Å². The molecule has 0 aromatic heterocycles. The molecule has 25 atom stereocenters. The predicted octanol–water partition coefficient (Wildman–Crippen LogP) is 4.26. The van der Waals surface area contributed by atoms with Crippen molar-refractivity contribution in [3.05, 3.63) is 0 Å². The van der Waals surface area contributed by atoms with Crippen LogP contribution in [-0.4, -0.2) is 147 Å². The fraction of sp³-hybridized carbons (Fsp3) is 0.818. The SMILES string of the molecule is C.C.CCC1CC2CCC1C2.CCC1CC2CCC1C2.CCN.CCN1C(=O)C2C(C1=O)C1C3C(=O)N(C)C(=O)C3C21.CCNC(=O)C1C(C(=O)O)C2C(C(=O)O)C(C(=O)NC)C12.NCC1CC2CCC1C2.O=C1OC(=O)C2C1C1C3C(=O)OC(=O)C3C21.[B][B]. The number of hydrogen-bond acceptors (Lipinski definition) is 16. The third kappa shape index (κ3) is 11.9. The Kier molecular flexibility index (Phi) is 23.3. The Hall–Kier alpha value is -5.51. The van der Waals surface area contributed by atoms with Crippen molar-refractivity contribution in [3.8, 4) is 0 Å². The summed E-state index contributed by atoms with van der Waals surface area (Å²) in [6.07, 6.45) is 21.4. The van der Waals surface area contributed by atoms with E-state index >= 15 is 0 Å². The van der Waals surface area contributed by atoms with E-state index in [1.165, 1.54) is 57.5 Å². The molecule has 25 unspecified atom stereocenters. The Bertz CT molecular complexity index is 2570. The maximum absolute atomic E-state index is 12.2. The number of hydrogen-bond donors (Lipinski definition) is 6. The molecule has 12 saturated carbocycles. The molecule has 8 N–H and O–H groups in total. The van der Waals surface area contributed by atoms with Crippen LogP contribution in [0, 0.1) is 160 Å². The third-order valence-corrected chi connectivity index (χ3v) is 24.6. The Labute approximate surface area is 533 Å². The van der Waals surface area contributed by atoms with Crippen molar-refractivity contribution in [2.24, 2.45) is 171 Å². The standard InChI is InChI=1S/C13H18N2O6.C13H14N2O4.C10H6O6.2C9H16.C8H15N.C2H7N.2CH4.B2/c1-3-15-11(17)7-4-5(9(7)13(20)21)8(12(18)19)6(4)10(16)14-2;1-3-15-12(18)8-4-5(9(8)13(15)19)7-6(4)10(16)14(2)11(7)17;11-7-3-1-2(5(3)9(13)15-7)6-4(1)8(12)16-10(6)14;2*1-2-8-5-7-3-4-9(8)6-7;9-5-8-4-6-1-2-7(8)3-6;1-2-3;;;1-2/h4-9H,3H2,1-2H3,(H,14,16)(H,15,17)(H,18,19)(H,20,21);4-9H,3H2,1-2H3;1-6H;2*7-9H,2-6H2,1H3;6-8H,1-5,9H2;2-3H2,1H3;2*1H4;. The molecule has 6 bridgehead atoms. The van der Waals surface area contributed by atoms with Crippen molar-refractivity contribution < 1.29 is 77.2 Å². The van der Waals surface area contributed by atoms with Gasteiger partial charge in [0.15, 0.2) is 0 Å². The van der Waals surface area contributed by atoms with E-state index in [1.807, 2.05) is 6.92 Å². The van der Waals surface area contributed by atoms with E-state index < -0.39 is 107 Å². The summed E-state index contributed by atoms with van der Waals surface area (Å²) in [5.74, 6) is -5.23. The fourth-order valence-corrected chi connectivity index (χ4v) is 20.7. The lowest BCUT2D eigenvalue weighted by molar-refractivity contribution is -0.222. The van der Waals surface area contributed by atoms with Crippen LogP contribution in [0.2, 0.25) is 0 Å². The van der Waals surface area contributed by atoms with Gasteiger partial charge in [-0.1, -0.05) is 67.7 Å². The van der Waals surface area contributed by atoms with E-state index in [4.69, 9.17) is 11.5 Å². The molecule has 16 fully saturated rings. The molecule has 16 aliphatic rings. The van der Waals surface area contributed by atoms with E-state index in [1.54, 1.807) is 65.2 Å². The van der Waals surface area contributed by atoms with Gasteiger partial charge in [-0.3, -0.25) is 67.3 Å². The summed E-state index contributed by atoms with van der Waals surface area (Å²) in [5, 5.41) is 23.4. The Balaban J connectivity index is 0.000000155. The molecule has 4 heterocycles. The van der Waals surface area contributed by atoms with E-state index in [0.717, 1.165) is 71.3 Å². The topological polar surface area (TPSA) is 346 Å². The molecule has 24 heteroatoms. The molecule has 496 valence electrons. The number of nitrogens with zero attached hydrogens (tertiary/aromatic N) is 2. The van der Waals surface area contributed by atoms with Crippen LogP contribution < -0.4 is 22.1 Å². The van der Waals surface area contributed by atoms with Gasteiger partial charge in [0.1, 0.15) is 0 Å². The minimum absolute atomic E-state index is 0. The number of carboxylic acid groups (broad SMARTS) is 2. The molecule has 4 radical (unpaired) electrons. The second-order valence-corrected chi connectivity index (χ2v) is 27.9. The summed E-state index contributed by atoms with van der Waals surface area (Å²) in [6.45, 7) is 12.5. The number of carboxylic acids is 2. The number of likely N-dealkylation sites (tertiary alicyclic amines) is 2. The molecule has 0 aromatic carbocycles. The minimum Gasteiger partial charge on any atom is -0.481 e. The first-order valence-corrected chi connectivity index (χ1v) is 32.9. The van der Waals surface area contributed by atoms with Crippen molar-refractivity contribution >= 4 is 86.7 Å². The summed E-state index contributed by atoms with van der Waals surface area (Å²) in [4.78, 5) is 143. The smallest absolute Gasteiger partial charge is 0.317 e. The number of imide groups is 2. The Morgan fingerprint density at radius 3 is 1.07 bits per heavy atom. The van der Waals surface area contributed by atoms with Crippen LogP contribution in [0.5, 0.6) is 0 Å². The third-order valence-electron chi connectivity index (χ3n) is 24.6. The number of nitrogens with one attached hydrogen (secondary N) is 2. The lowest BCUT2D eigenvalue weighted by Crippen LogP contribution is -2.73. The number of aliphatic carboxylic acids is 2. The van der Waals surface area contributed by atoms with Gasteiger partial charge < -0.3 is 41.8 Å². The van der Waals surface area contributed by atoms with E-state index in [2.05, 4.69) is 49.4 Å². The number of carbonyl (C=O) groups is 12. The van der Waals surface area contributed by atoms with Crippen molar-refractivity contribution in [1.29, 1.82) is 0 Å². The van der Waals surface area contributed by atoms with Gasteiger partial charge in [-0.05, 0) is 173 Å². The molecule has 6 amide bonds. The first-order valence-electron chi connectivity index (χ1n) is 32.9. The molecule has 90 heavy (non-hydrogen) atoms. The van der Waals surface area contributed by atoms with Crippen LogP contribution in [0.4, 0.5) is 0 Å². The van der Waals surface area contributed by atoms with Gasteiger partial charge in [0, 0.05) is 42.7 Å². The van der Waals surface area contributed by atoms with Gasteiger partial charge in [0.25, 0.3) is 0 Å². The predicted molar refractivity (Wildman–Crippen MR) is 329 cm³/mol. The van der Waals surface area contributed by atoms with Gasteiger partial charge in [0.05, 0.1) is 71.0 Å². The lowest BCUT2D eigenvalue weighted by Gasteiger charge is -2.63. The molecule has 16 rings (SSSR count). The van der Waals surface area contributed by atoms with Crippen LogP contribution in [0.3, 0.4) is 0 Å². The highest BCUT2D eigenvalue weighted by Crippen LogP contribution is 2.71. The van der Waals surface area contributed by atoms with Gasteiger partial charge in [-0.2, -0.15) is 0 Å². The van der Waals surface area contributed by atoms with Crippen molar-refractivity contribution in [2.45, 2.75) is 139 Å². The molecule has 22 nitrogen and oxygen atoms in total.